The molecule has 0 saturated carbocycles. The van der Waals surface area contributed by atoms with Gasteiger partial charge < -0.3 is 19.9 Å². The van der Waals surface area contributed by atoms with Crippen molar-refractivity contribution in [3.05, 3.63) is 41.7 Å². The van der Waals surface area contributed by atoms with Gasteiger partial charge in [0.15, 0.2) is 18.2 Å². The second kappa shape index (κ2) is 10.4. The fourth-order valence-electron chi connectivity index (χ4n) is 2.09. The van der Waals surface area contributed by atoms with E-state index in [-0.39, 0.29) is 17.4 Å². The van der Waals surface area contributed by atoms with Gasteiger partial charge in [0.25, 0.3) is 5.91 Å². The van der Waals surface area contributed by atoms with Crippen LogP contribution in [0.15, 0.2) is 34.9 Å². The summed E-state index contributed by atoms with van der Waals surface area (Å²) in [4.78, 5) is 46.9. The number of ketones is 1. The third-order valence-corrected chi connectivity index (χ3v) is 4.76. The molecule has 2 aromatic rings. The summed E-state index contributed by atoms with van der Waals surface area (Å²) in [6, 6.07) is 7.93. The number of esters is 1. The van der Waals surface area contributed by atoms with Gasteiger partial charge in [0.1, 0.15) is 5.76 Å². The van der Waals surface area contributed by atoms with E-state index in [1.807, 2.05) is 0 Å². The lowest BCUT2D eigenvalue weighted by molar-refractivity contribution is -0.144. The van der Waals surface area contributed by atoms with Gasteiger partial charge in [0.05, 0.1) is 11.0 Å². The first-order chi connectivity index (χ1) is 13.7. The largest absolute Gasteiger partial charge is 0.455 e. The SMILES string of the molecule is CC(=O)c1ccc(NC(=O)COC(=O)CS[C@@H](C)C(=O)Nc2cc(C)on2)cc1. The van der Waals surface area contributed by atoms with E-state index in [1.165, 1.54) is 6.92 Å². The van der Waals surface area contributed by atoms with Crippen molar-refractivity contribution in [2.75, 3.05) is 23.0 Å². The summed E-state index contributed by atoms with van der Waals surface area (Å²) in [5, 5.41) is 8.26. The van der Waals surface area contributed by atoms with E-state index in [1.54, 1.807) is 44.2 Å². The van der Waals surface area contributed by atoms with Gasteiger partial charge in [0, 0.05) is 17.3 Å². The second-order valence-electron chi connectivity index (χ2n) is 6.11. The molecule has 0 spiro atoms. The number of Topliss-reactive ketones (excluding diaryl/α,β-unsaturated/α-hetero) is 1. The third kappa shape index (κ3) is 7.41. The number of amides is 2. The molecule has 0 unspecified atom stereocenters. The zero-order valence-electron chi connectivity index (χ0n) is 16.2. The quantitative estimate of drug-likeness (QED) is 0.469. The number of nitrogens with one attached hydrogen (secondary N) is 2. The summed E-state index contributed by atoms with van der Waals surface area (Å²) in [5.74, 6) is -0.753. The molecule has 1 aromatic heterocycles. The third-order valence-electron chi connectivity index (χ3n) is 3.64. The van der Waals surface area contributed by atoms with Crippen LogP contribution in [0.4, 0.5) is 11.5 Å². The maximum absolute atomic E-state index is 12.0. The number of hydrogen-bond donors (Lipinski definition) is 2. The standard InChI is InChI=1S/C19H21N3O6S/c1-11-8-16(22-28-11)21-19(26)13(3)29-10-18(25)27-9-17(24)20-15-6-4-14(5-7-15)12(2)23/h4-8,13H,9-10H2,1-3H3,(H,20,24)(H,21,22,26)/t13-/m0/s1. The van der Waals surface area contributed by atoms with E-state index < -0.39 is 23.7 Å². The van der Waals surface area contributed by atoms with Crippen molar-refractivity contribution in [1.29, 1.82) is 0 Å². The predicted molar refractivity (Wildman–Crippen MR) is 108 cm³/mol. The van der Waals surface area contributed by atoms with Crippen LogP contribution in [0.2, 0.25) is 0 Å². The smallest absolute Gasteiger partial charge is 0.316 e. The molecule has 0 radical (unpaired) electrons. The number of hydrogen-bond acceptors (Lipinski definition) is 8. The van der Waals surface area contributed by atoms with E-state index in [4.69, 9.17) is 9.26 Å². The molecule has 0 fully saturated rings. The van der Waals surface area contributed by atoms with E-state index in [0.29, 0.717) is 22.8 Å². The predicted octanol–water partition coefficient (Wildman–Crippen LogP) is 2.43. The van der Waals surface area contributed by atoms with Gasteiger partial charge in [-0.15, -0.1) is 11.8 Å². The second-order valence-corrected chi connectivity index (χ2v) is 7.44. The maximum Gasteiger partial charge on any atom is 0.316 e. The van der Waals surface area contributed by atoms with Crippen LogP contribution in [0.1, 0.15) is 30.0 Å². The molecular formula is C19H21N3O6S. The van der Waals surface area contributed by atoms with Crippen molar-refractivity contribution in [2.24, 2.45) is 0 Å². The Bertz CT molecular complexity index is 894. The summed E-state index contributed by atoms with van der Waals surface area (Å²) in [5.41, 5.74) is 1.02. The van der Waals surface area contributed by atoms with Gasteiger partial charge in [-0.1, -0.05) is 5.16 Å². The van der Waals surface area contributed by atoms with Crippen LogP contribution >= 0.6 is 11.8 Å². The van der Waals surface area contributed by atoms with E-state index in [2.05, 4.69) is 15.8 Å². The van der Waals surface area contributed by atoms with Gasteiger partial charge >= 0.3 is 5.97 Å². The van der Waals surface area contributed by atoms with E-state index in [9.17, 15) is 19.2 Å². The van der Waals surface area contributed by atoms with Crippen molar-refractivity contribution in [1.82, 2.24) is 5.16 Å². The summed E-state index contributed by atoms with van der Waals surface area (Å²) in [6.45, 7) is 4.34. The Morgan fingerprint density at radius 2 is 1.86 bits per heavy atom. The number of carbonyl (C=O) groups is 4. The van der Waals surface area contributed by atoms with Crippen LogP contribution in [0, 0.1) is 6.92 Å². The highest BCUT2D eigenvalue weighted by Gasteiger charge is 2.18. The summed E-state index contributed by atoms with van der Waals surface area (Å²) >= 11 is 1.07. The van der Waals surface area contributed by atoms with Gasteiger partial charge in [-0.05, 0) is 45.0 Å². The minimum atomic E-state index is -0.617. The number of nitrogens with zero attached hydrogens (tertiary/aromatic N) is 1. The lowest BCUT2D eigenvalue weighted by Crippen LogP contribution is -2.25. The zero-order chi connectivity index (χ0) is 21.4. The average Bonchev–Trinajstić information content (AvgIpc) is 3.09. The molecule has 0 aliphatic heterocycles. The number of aryl methyl sites for hydroxylation is 1. The van der Waals surface area contributed by atoms with Gasteiger partial charge in [0.2, 0.25) is 5.91 Å². The number of thioether (sulfide) groups is 1. The van der Waals surface area contributed by atoms with Crippen molar-refractivity contribution in [3.63, 3.8) is 0 Å². The Kier molecular flexibility index (Phi) is 7.96. The summed E-state index contributed by atoms with van der Waals surface area (Å²) < 4.78 is 9.76. The molecular weight excluding hydrogens is 398 g/mol. The number of ether oxygens (including phenoxy) is 1. The van der Waals surface area contributed by atoms with Crippen molar-refractivity contribution in [3.8, 4) is 0 Å². The molecule has 0 aliphatic rings. The molecule has 1 aromatic carbocycles. The van der Waals surface area contributed by atoms with Crippen molar-refractivity contribution in [2.45, 2.75) is 26.0 Å². The first-order valence-electron chi connectivity index (χ1n) is 8.67. The van der Waals surface area contributed by atoms with Crippen molar-refractivity contribution < 1.29 is 28.4 Å². The monoisotopic (exact) mass is 419 g/mol. The molecule has 0 saturated heterocycles. The van der Waals surface area contributed by atoms with E-state index in [0.717, 1.165) is 11.8 Å². The Morgan fingerprint density at radius 3 is 2.45 bits per heavy atom. The minimum absolute atomic E-state index is 0.0756. The molecule has 2 amide bonds. The normalized spacial score (nSPS) is 11.4. The van der Waals surface area contributed by atoms with Crippen molar-refractivity contribution >= 4 is 46.8 Å². The fourth-order valence-corrected chi connectivity index (χ4v) is 2.77. The Labute approximate surface area is 171 Å². The Balaban J connectivity index is 1.68. The number of anilines is 2. The maximum atomic E-state index is 12.0. The molecule has 154 valence electrons. The molecule has 0 bridgehead atoms. The van der Waals surface area contributed by atoms with Gasteiger partial charge in [-0.3, -0.25) is 19.2 Å². The van der Waals surface area contributed by atoms with Crippen LogP contribution in [0.5, 0.6) is 0 Å². The van der Waals surface area contributed by atoms with Crippen LogP contribution in [0.3, 0.4) is 0 Å². The molecule has 1 atom stereocenters. The summed E-state index contributed by atoms with van der Waals surface area (Å²) in [7, 11) is 0. The van der Waals surface area contributed by atoms with Crippen LogP contribution in [0.25, 0.3) is 0 Å². The van der Waals surface area contributed by atoms with Crippen LogP contribution < -0.4 is 10.6 Å². The zero-order valence-corrected chi connectivity index (χ0v) is 17.0. The molecule has 1 heterocycles. The van der Waals surface area contributed by atoms with Gasteiger partial charge in [-0.2, -0.15) is 0 Å². The number of carbonyl (C=O) groups excluding carboxylic acids is 4. The average molecular weight is 419 g/mol. The first-order valence-corrected chi connectivity index (χ1v) is 9.71. The molecule has 9 nitrogen and oxygen atoms in total. The van der Waals surface area contributed by atoms with E-state index >= 15 is 0 Å². The minimum Gasteiger partial charge on any atom is -0.455 e. The number of rotatable bonds is 9. The highest BCUT2D eigenvalue weighted by molar-refractivity contribution is 8.01. The lowest BCUT2D eigenvalue weighted by Gasteiger charge is -2.10. The molecule has 29 heavy (non-hydrogen) atoms. The molecule has 2 rings (SSSR count). The highest BCUT2D eigenvalue weighted by Crippen LogP contribution is 2.15. The Hall–Kier alpha value is -3.14. The number of aromatic nitrogens is 1. The topological polar surface area (TPSA) is 128 Å². The number of benzene rings is 1. The molecule has 10 heteroatoms. The molecule has 2 N–H and O–H groups in total. The molecule has 0 aliphatic carbocycles. The Morgan fingerprint density at radius 1 is 1.17 bits per heavy atom. The van der Waals surface area contributed by atoms with Crippen LogP contribution in [-0.4, -0.2) is 46.3 Å². The first kappa shape index (κ1) is 22.2. The summed E-state index contributed by atoms with van der Waals surface area (Å²) in [6.07, 6.45) is 0. The fraction of sp³-hybridized carbons (Fsp3) is 0.316. The lowest BCUT2D eigenvalue weighted by atomic mass is 10.1. The highest BCUT2D eigenvalue weighted by atomic mass is 32.2. The van der Waals surface area contributed by atoms with Gasteiger partial charge in [-0.25, -0.2) is 0 Å². The van der Waals surface area contributed by atoms with Crippen LogP contribution in [-0.2, 0) is 19.1 Å².